The lowest BCUT2D eigenvalue weighted by Gasteiger charge is -2.20. The Morgan fingerprint density at radius 2 is 1.58 bits per heavy atom. The molecule has 1 atom stereocenters. The zero-order valence-electron chi connectivity index (χ0n) is 15.1. The van der Waals surface area contributed by atoms with Gasteiger partial charge in [-0.2, -0.15) is 5.26 Å². The third kappa shape index (κ3) is 4.08. The summed E-state index contributed by atoms with van der Waals surface area (Å²) in [5, 5.41) is 9.59. The summed E-state index contributed by atoms with van der Waals surface area (Å²) in [7, 11) is 3.24. The van der Waals surface area contributed by atoms with E-state index in [0.29, 0.717) is 17.9 Å². The van der Waals surface area contributed by atoms with E-state index >= 15 is 0 Å². The van der Waals surface area contributed by atoms with Crippen molar-refractivity contribution in [2.45, 2.75) is 38.5 Å². The third-order valence-electron chi connectivity index (χ3n) is 4.22. The van der Waals surface area contributed by atoms with Gasteiger partial charge in [0.2, 0.25) is 0 Å². The van der Waals surface area contributed by atoms with Crippen molar-refractivity contribution in [1.29, 1.82) is 5.26 Å². The molecule has 0 amide bonds. The van der Waals surface area contributed by atoms with Gasteiger partial charge in [-0.15, -0.1) is 0 Å². The second-order valence-electron chi connectivity index (χ2n) is 6.95. The second kappa shape index (κ2) is 7.40. The molecule has 2 aromatic rings. The van der Waals surface area contributed by atoms with Crippen LogP contribution in [0.5, 0.6) is 11.5 Å². The predicted octanol–water partition coefficient (Wildman–Crippen LogP) is 4.85. The SMILES string of the molecule is COc1ccc(CC(C#N)c2ccc(C(C)(C)C)cc2)cc1OC. The van der Waals surface area contributed by atoms with Crippen LogP contribution >= 0.6 is 0 Å². The number of nitrogens with zero attached hydrogens (tertiary/aromatic N) is 1. The van der Waals surface area contributed by atoms with Crippen molar-refractivity contribution in [2.75, 3.05) is 14.2 Å². The number of ether oxygens (including phenoxy) is 2. The average Bonchev–Trinajstić information content (AvgIpc) is 2.58. The topological polar surface area (TPSA) is 42.2 Å². The summed E-state index contributed by atoms with van der Waals surface area (Å²) in [6, 6.07) is 16.6. The fourth-order valence-corrected chi connectivity index (χ4v) is 2.70. The van der Waals surface area contributed by atoms with Crippen LogP contribution in [0.15, 0.2) is 42.5 Å². The Bertz CT molecular complexity index is 721. The third-order valence-corrected chi connectivity index (χ3v) is 4.22. The van der Waals surface area contributed by atoms with E-state index in [-0.39, 0.29) is 11.3 Å². The summed E-state index contributed by atoms with van der Waals surface area (Å²) >= 11 is 0. The highest BCUT2D eigenvalue weighted by molar-refractivity contribution is 5.44. The van der Waals surface area contributed by atoms with Gasteiger partial charge in [-0.05, 0) is 40.7 Å². The average molecular weight is 323 g/mol. The first kappa shape index (κ1) is 17.9. The first-order valence-electron chi connectivity index (χ1n) is 8.10. The van der Waals surface area contributed by atoms with Gasteiger partial charge >= 0.3 is 0 Å². The Hall–Kier alpha value is -2.47. The number of hydrogen-bond acceptors (Lipinski definition) is 3. The van der Waals surface area contributed by atoms with Crippen molar-refractivity contribution < 1.29 is 9.47 Å². The van der Waals surface area contributed by atoms with Crippen LogP contribution < -0.4 is 9.47 Å². The van der Waals surface area contributed by atoms with Gasteiger partial charge in [-0.25, -0.2) is 0 Å². The summed E-state index contributed by atoms with van der Waals surface area (Å²) in [5.41, 5.74) is 3.48. The summed E-state index contributed by atoms with van der Waals surface area (Å²) in [5.74, 6) is 1.20. The first-order valence-corrected chi connectivity index (χ1v) is 8.10. The molecule has 0 fully saturated rings. The first-order chi connectivity index (χ1) is 11.4. The van der Waals surface area contributed by atoms with Crippen LogP contribution in [0, 0.1) is 11.3 Å². The number of hydrogen-bond donors (Lipinski definition) is 0. The van der Waals surface area contributed by atoms with Crippen LogP contribution in [-0.4, -0.2) is 14.2 Å². The van der Waals surface area contributed by atoms with Gasteiger partial charge in [-0.1, -0.05) is 51.1 Å². The molecule has 0 bridgehead atoms. The molecule has 3 nitrogen and oxygen atoms in total. The van der Waals surface area contributed by atoms with Crippen LogP contribution in [0.2, 0.25) is 0 Å². The van der Waals surface area contributed by atoms with E-state index in [4.69, 9.17) is 9.47 Å². The fraction of sp³-hybridized carbons (Fsp3) is 0.381. The lowest BCUT2D eigenvalue weighted by Crippen LogP contribution is -2.11. The van der Waals surface area contributed by atoms with E-state index in [1.165, 1.54) is 5.56 Å². The van der Waals surface area contributed by atoms with E-state index < -0.39 is 0 Å². The minimum Gasteiger partial charge on any atom is -0.493 e. The Morgan fingerprint density at radius 1 is 0.958 bits per heavy atom. The van der Waals surface area contributed by atoms with Crippen molar-refractivity contribution >= 4 is 0 Å². The van der Waals surface area contributed by atoms with E-state index in [2.05, 4.69) is 51.1 Å². The van der Waals surface area contributed by atoms with Crippen molar-refractivity contribution in [3.8, 4) is 17.6 Å². The molecule has 0 aromatic heterocycles. The number of methoxy groups -OCH3 is 2. The number of benzene rings is 2. The van der Waals surface area contributed by atoms with Crippen LogP contribution in [0.1, 0.15) is 43.4 Å². The minimum atomic E-state index is -0.183. The highest BCUT2D eigenvalue weighted by Gasteiger charge is 2.16. The Morgan fingerprint density at radius 3 is 2.08 bits per heavy atom. The molecule has 0 saturated carbocycles. The Balaban J connectivity index is 2.22. The molecule has 0 spiro atoms. The van der Waals surface area contributed by atoms with Gasteiger partial charge < -0.3 is 9.47 Å². The van der Waals surface area contributed by atoms with Gasteiger partial charge in [0.1, 0.15) is 0 Å². The molecule has 0 aliphatic carbocycles. The summed E-state index contributed by atoms with van der Waals surface area (Å²) < 4.78 is 10.6. The standard InChI is InChI=1S/C21H25NO2/c1-21(2,3)18-9-7-16(8-10-18)17(14-22)12-15-6-11-19(23-4)20(13-15)24-5/h6-11,13,17H,12H2,1-5H3. The largest absolute Gasteiger partial charge is 0.493 e. The Labute approximate surface area is 144 Å². The molecule has 2 aromatic carbocycles. The maximum absolute atomic E-state index is 9.59. The molecule has 0 N–H and O–H groups in total. The monoisotopic (exact) mass is 323 g/mol. The molecule has 24 heavy (non-hydrogen) atoms. The molecular formula is C21H25NO2. The number of nitriles is 1. The molecule has 0 aliphatic rings. The normalized spacial score (nSPS) is 12.3. The highest BCUT2D eigenvalue weighted by atomic mass is 16.5. The fourth-order valence-electron chi connectivity index (χ4n) is 2.70. The van der Waals surface area contributed by atoms with E-state index in [9.17, 15) is 5.26 Å². The van der Waals surface area contributed by atoms with Crippen molar-refractivity contribution in [3.05, 3.63) is 59.2 Å². The van der Waals surface area contributed by atoms with Crippen LogP contribution in [0.3, 0.4) is 0 Å². The smallest absolute Gasteiger partial charge is 0.160 e. The maximum atomic E-state index is 9.59. The molecule has 0 aliphatic heterocycles. The second-order valence-corrected chi connectivity index (χ2v) is 6.95. The molecule has 0 heterocycles. The van der Waals surface area contributed by atoms with Crippen molar-refractivity contribution in [3.63, 3.8) is 0 Å². The maximum Gasteiger partial charge on any atom is 0.160 e. The molecule has 0 radical (unpaired) electrons. The lowest BCUT2D eigenvalue weighted by atomic mass is 9.85. The van der Waals surface area contributed by atoms with Gasteiger partial charge in [0.05, 0.1) is 26.2 Å². The minimum absolute atomic E-state index is 0.115. The van der Waals surface area contributed by atoms with Crippen LogP contribution in [0.25, 0.3) is 0 Å². The molecule has 2 rings (SSSR count). The van der Waals surface area contributed by atoms with Crippen molar-refractivity contribution in [2.24, 2.45) is 0 Å². The summed E-state index contributed by atoms with van der Waals surface area (Å²) in [4.78, 5) is 0. The van der Waals surface area contributed by atoms with Gasteiger partial charge in [0, 0.05) is 0 Å². The lowest BCUT2D eigenvalue weighted by molar-refractivity contribution is 0.354. The predicted molar refractivity (Wildman–Crippen MR) is 96.7 cm³/mol. The van der Waals surface area contributed by atoms with Crippen LogP contribution in [-0.2, 0) is 11.8 Å². The van der Waals surface area contributed by atoms with Crippen LogP contribution in [0.4, 0.5) is 0 Å². The molecule has 3 heteroatoms. The number of rotatable bonds is 5. The molecular weight excluding hydrogens is 298 g/mol. The summed E-state index contributed by atoms with van der Waals surface area (Å²) in [6.07, 6.45) is 0.645. The van der Waals surface area contributed by atoms with E-state index in [0.717, 1.165) is 11.1 Å². The zero-order chi connectivity index (χ0) is 17.7. The van der Waals surface area contributed by atoms with Gasteiger partial charge in [-0.3, -0.25) is 0 Å². The highest BCUT2D eigenvalue weighted by Crippen LogP contribution is 2.31. The zero-order valence-corrected chi connectivity index (χ0v) is 15.1. The molecule has 126 valence electrons. The van der Waals surface area contributed by atoms with Gasteiger partial charge in [0.25, 0.3) is 0 Å². The molecule has 0 saturated heterocycles. The Kier molecular flexibility index (Phi) is 5.51. The van der Waals surface area contributed by atoms with Gasteiger partial charge in [0.15, 0.2) is 11.5 Å². The van der Waals surface area contributed by atoms with E-state index in [1.807, 2.05) is 18.2 Å². The van der Waals surface area contributed by atoms with Crippen molar-refractivity contribution in [1.82, 2.24) is 0 Å². The van der Waals surface area contributed by atoms with E-state index in [1.54, 1.807) is 14.2 Å². The molecule has 1 unspecified atom stereocenters. The quantitative estimate of drug-likeness (QED) is 0.790. The summed E-state index contributed by atoms with van der Waals surface area (Å²) in [6.45, 7) is 6.56.